The Kier molecular flexibility index (Phi) is 3.63. The van der Waals surface area contributed by atoms with Crippen LogP contribution in [0.2, 0.25) is 0 Å². The standard InChI is InChI=1S/C13H13N3S/c14-9-12-11(15)8-13(17-12)16-7-6-10-4-2-1-3-5-10/h1-5,8,16H,6-7,15H2. The number of anilines is 2. The van der Waals surface area contributed by atoms with E-state index in [1.165, 1.54) is 16.9 Å². The molecule has 0 saturated heterocycles. The van der Waals surface area contributed by atoms with Gasteiger partial charge < -0.3 is 11.1 Å². The molecule has 0 spiro atoms. The largest absolute Gasteiger partial charge is 0.397 e. The Labute approximate surface area is 105 Å². The van der Waals surface area contributed by atoms with E-state index in [1.54, 1.807) is 0 Å². The summed E-state index contributed by atoms with van der Waals surface area (Å²) >= 11 is 1.40. The Morgan fingerprint density at radius 3 is 2.71 bits per heavy atom. The van der Waals surface area contributed by atoms with Crippen molar-refractivity contribution in [3.05, 3.63) is 46.8 Å². The van der Waals surface area contributed by atoms with Gasteiger partial charge >= 0.3 is 0 Å². The molecule has 3 N–H and O–H groups in total. The van der Waals surface area contributed by atoms with Crippen molar-refractivity contribution >= 4 is 22.0 Å². The predicted octanol–water partition coefficient (Wildman–Crippen LogP) is 2.86. The summed E-state index contributed by atoms with van der Waals surface area (Å²) in [5.41, 5.74) is 7.53. The zero-order valence-electron chi connectivity index (χ0n) is 9.31. The first-order valence-corrected chi connectivity index (χ1v) is 6.18. The Morgan fingerprint density at radius 1 is 1.29 bits per heavy atom. The van der Waals surface area contributed by atoms with Crippen LogP contribution in [0.3, 0.4) is 0 Å². The van der Waals surface area contributed by atoms with E-state index in [0.717, 1.165) is 18.0 Å². The van der Waals surface area contributed by atoms with Crippen LogP contribution < -0.4 is 11.1 Å². The zero-order chi connectivity index (χ0) is 12.1. The molecule has 3 nitrogen and oxygen atoms in total. The first-order chi connectivity index (χ1) is 8.29. The van der Waals surface area contributed by atoms with Crippen LogP contribution >= 0.6 is 11.3 Å². The van der Waals surface area contributed by atoms with Crippen molar-refractivity contribution in [3.8, 4) is 6.07 Å². The molecule has 0 aliphatic rings. The third-order valence-corrected chi connectivity index (χ3v) is 3.43. The molecule has 2 aromatic rings. The van der Waals surface area contributed by atoms with E-state index in [-0.39, 0.29) is 0 Å². The van der Waals surface area contributed by atoms with Gasteiger partial charge in [0.2, 0.25) is 0 Å². The normalized spacial score (nSPS) is 9.82. The summed E-state index contributed by atoms with van der Waals surface area (Å²) in [4.78, 5) is 0.576. The number of nitrogen functional groups attached to an aromatic ring is 1. The van der Waals surface area contributed by atoms with E-state index < -0.39 is 0 Å². The quantitative estimate of drug-likeness (QED) is 0.868. The maximum atomic E-state index is 8.79. The van der Waals surface area contributed by atoms with E-state index >= 15 is 0 Å². The van der Waals surface area contributed by atoms with Crippen LogP contribution in [-0.2, 0) is 6.42 Å². The maximum absolute atomic E-state index is 8.79. The number of hydrogen-bond acceptors (Lipinski definition) is 4. The second-order valence-corrected chi connectivity index (χ2v) is 4.72. The fraction of sp³-hybridized carbons (Fsp3) is 0.154. The first kappa shape index (κ1) is 11.5. The van der Waals surface area contributed by atoms with Gasteiger partial charge in [0.15, 0.2) is 0 Å². The monoisotopic (exact) mass is 243 g/mol. The fourth-order valence-corrected chi connectivity index (χ4v) is 2.36. The van der Waals surface area contributed by atoms with Crippen molar-refractivity contribution in [2.45, 2.75) is 6.42 Å². The van der Waals surface area contributed by atoms with Gasteiger partial charge in [-0.3, -0.25) is 0 Å². The van der Waals surface area contributed by atoms with Crippen molar-refractivity contribution in [2.75, 3.05) is 17.6 Å². The zero-order valence-corrected chi connectivity index (χ0v) is 10.1. The molecule has 17 heavy (non-hydrogen) atoms. The van der Waals surface area contributed by atoms with E-state index in [4.69, 9.17) is 11.0 Å². The number of nitrogens with one attached hydrogen (secondary N) is 1. The highest BCUT2D eigenvalue weighted by atomic mass is 32.1. The molecular formula is C13H13N3S. The van der Waals surface area contributed by atoms with Crippen LogP contribution in [0.1, 0.15) is 10.4 Å². The Bertz CT molecular complexity index is 525. The van der Waals surface area contributed by atoms with Gasteiger partial charge in [-0.1, -0.05) is 30.3 Å². The summed E-state index contributed by atoms with van der Waals surface area (Å²) in [5, 5.41) is 13.0. The molecule has 0 radical (unpaired) electrons. The second kappa shape index (κ2) is 5.37. The van der Waals surface area contributed by atoms with Gasteiger partial charge in [-0.05, 0) is 18.1 Å². The number of rotatable bonds is 4. The lowest BCUT2D eigenvalue weighted by Gasteiger charge is -2.03. The van der Waals surface area contributed by atoms with Crippen molar-refractivity contribution in [2.24, 2.45) is 0 Å². The Hall–Kier alpha value is -1.99. The Balaban J connectivity index is 1.88. The molecular weight excluding hydrogens is 230 g/mol. The number of thiophene rings is 1. The van der Waals surface area contributed by atoms with Gasteiger partial charge in [-0.25, -0.2) is 0 Å². The number of hydrogen-bond donors (Lipinski definition) is 2. The van der Waals surface area contributed by atoms with Crippen LogP contribution in [0.15, 0.2) is 36.4 Å². The van der Waals surface area contributed by atoms with Crippen LogP contribution in [0.4, 0.5) is 10.7 Å². The molecule has 86 valence electrons. The minimum atomic E-state index is 0.555. The summed E-state index contributed by atoms with van der Waals surface area (Å²) in [5.74, 6) is 0. The van der Waals surface area contributed by atoms with Crippen molar-refractivity contribution in [1.82, 2.24) is 0 Å². The first-order valence-electron chi connectivity index (χ1n) is 5.37. The average Bonchev–Trinajstić information content (AvgIpc) is 2.71. The number of benzene rings is 1. The van der Waals surface area contributed by atoms with Gasteiger partial charge in [0.1, 0.15) is 10.9 Å². The highest BCUT2D eigenvalue weighted by Crippen LogP contribution is 2.28. The van der Waals surface area contributed by atoms with Crippen LogP contribution in [0.25, 0.3) is 0 Å². The van der Waals surface area contributed by atoms with Gasteiger partial charge in [0, 0.05) is 6.54 Å². The molecule has 0 aliphatic heterocycles. The molecule has 4 heteroatoms. The highest BCUT2D eigenvalue weighted by Gasteiger charge is 2.04. The third kappa shape index (κ3) is 2.99. The molecule has 0 saturated carbocycles. The molecule has 0 fully saturated rings. The van der Waals surface area contributed by atoms with E-state index in [9.17, 15) is 0 Å². The SMILES string of the molecule is N#Cc1sc(NCCc2ccccc2)cc1N. The smallest absolute Gasteiger partial charge is 0.129 e. The molecule has 0 amide bonds. The number of nitriles is 1. The average molecular weight is 243 g/mol. The molecule has 0 bridgehead atoms. The number of nitrogens with zero attached hydrogens (tertiary/aromatic N) is 1. The van der Waals surface area contributed by atoms with Gasteiger partial charge in [-0.2, -0.15) is 5.26 Å². The fourth-order valence-electron chi connectivity index (χ4n) is 1.55. The maximum Gasteiger partial charge on any atom is 0.129 e. The van der Waals surface area contributed by atoms with E-state index in [1.807, 2.05) is 24.3 Å². The van der Waals surface area contributed by atoms with Crippen molar-refractivity contribution < 1.29 is 0 Å². The summed E-state index contributed by atoms with van der Waals surface area (Å²) in [6.45, 7) is 0.842. The van der Waals surface area contributed by atoms with E-state index in [2.05, 4.69) is 23.5 Å². The lowest BCUT2D eigenvalue weighted by Crippen LogP contribution is -2.03. The van der Waals surface area contributed by atoms with Gasteiger partial charge in [0.25, 0.3) is 0 Å². The molecule has 0 atom stereocenters. The van der Waals surface area contributed by atoms with E-state index in [0.29, 0.717) is 10.6 Å². The molecule has 1 heterocycles. The third-order valence-electron chi connectivity index (χ3n) is 2.42. The molecule has 2 rings (SSSR count). The van der Waals surface area contributed by atoms with Gasteiger partial charge in [-0.15, -0.1) is 11.3 Å². The highest BCUT2D eigenvalue weighted by molar-refractivity contribution is 7.17. The summed E-state index contributed by atoms with van der Waals surface area (Å²) in [7, 11) is 0. The Morgan fingerprint density at radius 2 is 2.06 bits per heavy atom. The van der Waals surface area contributed by atoms with Crippen LogP contribution in [0, 0.1) is 11.3 Å². The lowest BCUT2D eigenvalue weighted by atomic mass is 10.1. The van der Waals surface area contributed by atoms with Crippen LogP contribution in [-0.4, -0.2) is 6.54 Å². The van der Waals surface area contributed by atoms with Gasteiger partial charge in [0.05, 0.1) is 10.7 Å². The molecule has 0 aliphatic carbocycles. The summed E-state index contributed by atoms with van der Waals surface area (Å²) in [6, 6.07) is 14.2. The predicted molar refractivity (Wildman–Crippen MR) is 72.1 cm³/mol. The summed E-state index contributed by atoms with van der Waals surface area (Å²) in [6.07, 6.45) is 0.959. The second-order valence-electron chi connectivity index (χ2n) is 3.67. The molecule has 1 aromatic carbocycles. The minimum absolute atomic E-state index is 0.555. The number of nitrogens with two attached hydrogens (primary N) is 1. The minimum Gasteiger partial charge on any atom is -0.397 e. The van der Waals surface area contributed by atoms with Crippen molar-refractivity contribution in [3.63, 3.8) is 0 Å². The molecule has 0 unspecified atom stereocenters. The topological polar surface area (TPSA) is 61.8 Å². The lowest BCUT2D eigenvalue weighted by molar-refractivity contribution is 1.02. The van der Waals surface area contributed by atoms with Crippen LogP contribution in [0.5, 0.6) is 0 Å². The summed E-state index contributed by atoms with van der Waals surface area (Å²) < 4.78 is 0. The molecule has 1 aromatic heterocycles. The van der Waals surface area contributed by atoms with Crippen molar-refractivity contribution in [1.29, 1.82) is 5.26 Å².